The van der Waals surface area contributed by atoms with Crippen molar-refractivity contribution < 1.29 is 14.3 Å². The van der Waals surface area contributed by atoms with Crippen LogP contribution in [0.25, 0.3) is 17.2 Å². The van der Waals surface area contributed by atoms with E-state index in [2.05, 4.69) is 5.32 Å². The third kappa shape index (κ3) is 4.76. The Morgan fingerprint density at radius 3 is 2.30 bits per heavy atom. The highest BCUT2D eigenvalue weighted by atomic mass is 16.5. The van der Waals surface area contributed by atoms with Gasteiger partial charge in [-0.15, -0.1) is 0 Å². The van der Waals surface area contributed by atoms with Crippen molar-refractivity contribution in [3.05, 3.63) is 84.4 Å². The molecule has 0 aliphatic carbocycles. The van der Waals surface area contributed by atoms with Crippen LogP contribution < -0.4 is 14.8 Å². The molecule has 0 unspecified atom stereocenters. The van der Waals surface area contributed by atoms with E-state index in [0.29, 0.717) is 11.5 Å². The van der Waals surface area contributed by atoms with Crippen molar-refractivity contribution in [3.8, 4) is 22.6 Å². The molecule has 0 heterocycles. The molecule has 3 rings (SSSR count). The number of hydrogen-bond acceptors (Lipinski definition) is 3. The normalized spacial score (nSPS) is 10.6. The first-order valence-corrected chi connectivity index (χ1v) is 8.56. The number of hydrogen-bond donors (Lipinski definition) is 1. The highest BCUT2D eigenvalue weighted by Crippen LogP contribution is 2.28. The highest BCUT2D eigenvalue weighted by molar-refractivity contribution is 6.02. The van der Waals surface area contributed by atoms with Crippen LogP contribution in [0.5, 0.6) is 11.5 Å². The Hall–Kier alpha value is -3.53. The van der Waals surface area contributed by atoms with E-state index in [0.717, 1.165) is 22.4 Å². The summed E-state index contributed by atoms with van der Waals surface area (Å²) in [6.07, 6.45) is 3.23. The van der Waals surface area contributed by atoms with Gasteiger partial charge in [0.25, 0.3) is 0 Å². The molecule has 3 aromatic rings. The summed E-state index contributed by atoms with van der Waals surface area (Å²) in [7, 11) is 3.17. The van der Waals surface area contributed by atoms with Crippen molar-refractivity contribution in [2.75, 3.05) is 19.5 Å². The topological polar surface area (TPSA) is 47.6 Å². The van der Waals surface area contributed by atoms with Crippen LogP contribution in [-0.2, 0) is 4.79 Å². The van der Waals surface area contributed by atoms with E-state index in [1.54, 1.807) is 26.4 Å². The van der Waals surface area contributed by atoms with E-state index < -0.39 is 0 Å². The maximum atomic E-state index is 12.3. The number of benzene rings is 3. The minimum absolute atomic E-state index is 0.199. The Balaban J connectivity index is 1.70. The van der Waals surface area contributed by atoms with Gasteiger partial charge in [-0.1, -0.05) is 48.5 Å². The molecule has 4 nitrogen and oxygen atoms in total. The zero-order valence-electron chi connectivity index (χ0n) is 15.3. The smallest absolute Gasteiger partial charge is 0.248 e. The van der Waals surface area contributed by atoms with Crippen LogP contribution in [0.2, 0.25) is 0 Å². The Morgan fingerprint density at radius 2 is 1.56 bits per heavy atom. The van der Waals surface area contributed by atoms with Crippen molar-refractivity contribution in [2.45, 2.75) is 0 Å². The first-order chi connectivity index (χ1) is 13.2. The molecule has 0 bridgehead atoms. The Labute approximate surface area is 159 Å². The lowest BCUT2D eigenvalue weighted by molar-refractivity contribution is -0.111. The molecule has 1 amide bonds. The summed E-state index contributed by atoms with van der Waals surface area (Å²) in [5, 5.41) is 2.89. The lowest BCUT2D eigenvalue weighted by atomic mass is 10.1. The maximum Gasteiger partial charge on any atom is 0.248 e. The second kappa shape index (κ2) is 8.72. The molecule has 0 aliphatic heterocycles. The number of amides is 1. The standard InChI is InChI=1S/C23H21NO3/c1-26-21-13-11-17(15-22(21)27-2)12-14-23(25)24-20-10-6-9-19(16-20)18-7-4-3-5-8-18/h3-16H,1-2H3,(H,24,25). The molecule has 0 spiro atoms. The monoisotopic (exact) mass is 359 g/mol. The molecule has 0 radical (unpaired) electrons. The molecule has 0 fully saturated rings. The van der Waals surface area contributed by atoms with Crippen molar-refractivity contribution in [1.82, 2.24) is 0 Å². The highest BCUT2D eigenvalue weighted by Gasteiger charge is 2.04. The zero-order chi connectivity index (χ0) is 19.1. The van der Waals surface area contributed by atoms with Crippen LogP contribution in [0.1, 0.15) is 5.56 Å². The molecule has 4 heteroatoms. The number of ether oxygens (including phenoxy) is 2. The molecule has 1 N–H and O–H groups in total. The summed E-state index contributed by atoms with van der Waals surface area (Å²) < 4.78 is 10.5. The van der Waals surface area contributed by atoms with Crippen molar-refractivity contribution in [1.29, 1.82) is 0 Å². The van der Waals surface area contributed by atoms with Gasteiger partial charge >= 0.3 is 0 Å². The van der Waals surface area contributed by atoms with Crippen molar-refractivity contribution in [2.24, 2.45) is 0 Å². The van der Waals surface area contributed by atoms with Gasteiger partial charge in [-0.3, -0.25) is 4.79 Å². The number of rotatable bonds is 6. The number of methoxy groups -OCH3 is 2. The van der Waals surface area contributed by atoms with Crippen LogP contribution in [0.3, 0.4) is 0 Å². The fraction of sp³-hybridized carbons (Fsp3) is 0.0870. The third-order valence-corrected chi connectivity index (χ3v) is 4.07. The molecule has 3 aromatic carbocycles. The second-order valence-electron chi connectivity index (χ2n) is 5.88. The predicted molar refractivity (Wildman–Crippen MR) is 109 cm³/mol. The van der Waals surface area contributed by atoms with Gasteiger partial charge in [-0.05, 0) is 47.0 Å². The number of anilines is 1. The lowest BCUT2D eigenvalue weighted by Crippen LogP contribution is -2.07. The molecule has 0 saturated carbocycles. The quantitative estimate of drug-likeness (QED) is 0.629. The van der Waals surface area contributed by atoms with Gasteiger partial charge in [0.2, 0.25) is 5.91 Å². The molecular formula is C23H21NO3. The molecule has 0 aromatic heterocycles. The summed E-state index contributed by atoms with van der Waals surface area (Å²) in [6, 6.07) is 23.3. The second-order valence-corrected chi connectivity index (χ2v) is 5.88. The minimum Gasteiger partial charge on any atom is -0.493 e. The molecule has 0 saturated heterocycles. The van der Waals surface area contributed by atoms with Crippen molar-refractivity contribution in [3.63, 3.8) is 0 Å². The van der Waals surface area contributed by atoms with Crippen molar-refractivity contribution >= 4 is 17.7 Å². The molecular weight excluding hydrogens is 338 g/mol. The largest absolute Gasteiger partial charge is 0.493 e. The predicted octanol–water partition coefficient (Wildman–Crippen LogP) is 5.02. The van der Waals surface area contributed by atoms with Gasteiger partial charge in [-0.25, -0.2) is 0 Å². The fourth-order valence-corrected chi connectivity index (χ4v) is 2.72. The first-order valence-electron chi connectivity index (χ1n) is 8.56. The van der Waals surface area contributed by atoms with Crippen LogP contribution in [0, 0.1) is 0 Å². The summed E-state index contributed by atoms with van der Waals surface area (Å²) in [6.45, 7) is 0. The van der Waals surface area contributed by atoms with Crippen LogP contribution in [0.4, 0.5) is 5.69 Å². The third-order valence-electron chi connectivity index (χ3n) is 4.07. The van der Waals surface area contributed by atoms with E-state index >= 15 is 0 Å². The molecule has 0 atom stereocenters. The van der Waals surface area contributed by atoms with Gasteiger partial charge in [0.05, 0.1) is 14.2 Å². The average Bonchev–Trinajstić information content (AvgIpc) is 2.73. The van der Waals surface area contributed by atoms with Crippen LogP contribution >= 0.6 is 0 Å². The summed E-state index contributed by atoms with van der Waals surface area (Å²) >= 11 is 0. The summed E-state index contributed by atoms with van der Waals surface area (Å²) in [5.74, 6) is 1.07. The molecule has 136 valence electrons. The van der Waals surface area contributed by atoms with Gasteiger partial charge < -0.3 is 14.8 Å². The first kappa shape index (κ1) is 18.3. The SMILES string of the molecule is COc1ccc(C=CC(=O)Nc2cccc(-c3ccccc3)c2)cc1OC. The molecule has 0 aliphatic rings. The number of carbonyl (C=O) groups excluding carboxylic acids is 1. The van der Waals surface area contributed by atoms with E-state index in [4.69, 9.17) is 9.47 Å². The number of nitrogens with one attached hydrogen (secondary N) is 1. The van der Waals surface area contributed by atoms with Gasteiger partial charge in [0.15, 0.2) is 11.5 Å². The van der Waals surface area contributed by atoms with Gasteiger partial charge in [0, 0.05) is 11.8 Å². The zero-order valence-corrected chi connectivity index (χ0v) is 15.3. The van der Waals surface area contributed by atoms with E-state index in [-0.39, 0.29) is 5.91 Å². The summed E-state index contributed by atoms with van der Waals surface area (Å²) in [5.41, 5.74) is 3.76. The Morgan fingerprint density at radius 1 is 0.815 bits per heavy atom. The average molecular weight is 359 g/mol. The van der Waals surface area contributed by atoms with Gasteiger partial charge in [0.1, 0.15) is 0 Å². The van der Waals surface area contributed by atoms with E-state index in [9.17, 15) is 4.79 Å². The fourth-order valence-electron chi connectivity index (χ4n) is 2.72. The van der Waals surface area contributed by atoms with Gasteiger partial charge in [-0.2, -0.15) is 0 Å². The maximum absolute atomic E-state index is 12.3. The molecule has 27 heavy (non-hydrogen) atoms. The lowest BCUT2D eigenvalue weighted by Gasteiger charge is -2.08. The number of carbonyl (C=O) groups is 1. The Kier molecular flexibility index (Phi) is 5.90. The van der Waals surface area contributed by atoms with Crippen LogP contribution in [0.15, 0.2) is 78.9 Å². The summed E-state index contributed by atoms with van der Waals surface area (Å²) in [4.78, 5) is 12.3. The minimum atomic E-state index is -0.199. The van der Waals surface area contributed by atoms with E-state index in [1.165, 1.54) is 6.08 Å². The van der Waals surface area contributed by atoms with E-state index in [1.807, 2.05) is 66.7 Å². The Bertz CT molecular complexity index is 949. The van der Waals surface area contributed by atoms with Crippen LogP contribution in [-0.4, -0.2) is 20.1 Å².